The SMILES string of the molecule is Cc1c(N)c2ccccc2n1C(=O)c1cccc2cc[nH]c12. The van der Waals surface area contributed by atoms with Gasteiger partial charge in [-0.2, -0.15) is 0 Å². The lowest BCUT2D eigenvalue weighted by molar-refractivity contribution is 0.0964. The summed E-state index contributed by atoms with van der Waals surface area (Å²) in [6, 6.07) is 15.4. The van der Waals surface area contributed by atoms with E-state index in [0.717, 1.165) is 27.5 Å². The number of fused-ring (bicyclic) bond motifs is 2. The van der Waals surface area contributed by atoms with Crippen molar-refractivity contribution in [1.82, 2.24) is 9.55 Å². The maximum atomic E-state index is 13.1. The molecule has 2 heterocycles. The molecule has 0 aliphatic carbocycles. The van der Waals surface area contributed by atoms with E-state index in [1.54, 1.807) is 4.57 Å². The molecule has 2 aromatic carbocycles. The van der Waals surface area contributed by atoms with Crippen LogP contribution >= 0.6 is 0 Å². The van der Waals surface area contributed by atoms with E-state index in [-0.39, 0.29) is 5.91 Å². The van der Waals surface area contributed by atoms with E-state index in [1.165, 1.54) is 0 Å². The maximum absolute atomic E-state index is 13.1. The summed E-state index contributed by atoms with van der Waals surface area (Å²) in [4.78, 5) is 16.2. The Labute approximate surface area is 127 Å². The number of nitrogens with one attached hydrogen (secondary N) is 1. The molecule has 0 aliphatic heterocycles. The molecule has 0 spiro atoms. The third-order valence-corrected chi connectivity index (χ3v) is 4.18. The first-order valence-corrected chi connectivity index (χ1v) is 7.15. The third-order valence-electron chi connectivity index (χ3n) is 4.18. The summed E-state index contributed by atoms with van der Waals surface area (Å²) in [6.07, 6.45) is 1.84. The normalized spacial score (nSPS) is 11.3. The highest BCUT2D eigenvalue weighted by molar-refractivity contribution is 6.12. The van der Waals surface area contributed by atoms with Crippen LogP contribution in [0.1, 0.15) is 16.1 Å². The predicted molar refractivity (Wildman–Crippen MR) is 89.1 cm³/mol. The average molecular weight is 289 g/mol. The molecule has 0 saturated heterocycles. The number of aromatic nitrogens is 2. The predicted octanol–water partition coefficient (Wildman–Crippen LogP) is 3.70. The summed E-state index contributed by atoms with van der Waals surface area (Å²) < 4.78 is 1.69. The van der Waals surface area contributed by atoms with E-state index < -0.39 is 0 Å². The molecular formula is C18H15N3O. The zero-order valence-electron chi connectivity index (χ0n) is 12.1. The first kappa shape index (κ1) is 12.7. The lowest BCUT2D eigenvalue weighted by atomic mass is 10.1. The number of carbonyl (C=O) groups excluding carboxylic acids is 1. The molecule has 0 amide bonds. The lowest BCUT2D eigenvalue weighted by Crippen LogP contribution is -2.14. The molecule has 4 rings (SSSR count). The van der Waals surface area contributed by atoms with Gasteiger partial charge >= 0.3 is 0 Å². The van der Waals surface area contributed by atoms with Gasteiger partial charge in [-0.05, 0) is 25.1 Å². The van der Waals surface area contributed by atoms with Gasteiger partial charge in [0, 0.05) is 22.7 Å². The summed E-state index contributed by atoms with van der Waals surface area (Å²) in [5.74, 6) is -0.0709. The minimum atomic E-state index is -0.0709. The molecule has 4 heteroatoms. The van der Waals surface area contributed by atoms with Crippen LogP contribution in [0.5, 0.6) is 0 Å². The zero-order valence-corrected chi connectivity index (χ0v) is 12.1. The number of para-hydroxylation sites is 2. The first-order chi connectivity index (χ1) is 10.7. The van der Waals surface area contributed by atoms with Crippen molar-refractivity contribution in [3.8, 4) is 0 Å². The smallest absolute Gasteiger partial charge is 0.264 e. The van der Waals surface area contributed by atoms with Crippen LogP contribution in [-0.2, 0) is 0 Å². The number of H-pyrrole nitrogens is 1. The second-order valence-electron chi connectivity index (χ2n) is 5.40. The second kappa shape index (κ2) is 4.49. The molecule has 108 valence electrons. The number of rotatable bonds is 1. The summed E-state index contributed by atoms with van der Waals surface area (Å²) >= 11 is 0. The maximum Gasteiger partial charge on any atom is 0.264 e. The van der Waals surface area contributed by atoms with Crippen molar-refractivity contribution >= 4 is 33.4 Å². The van der Waals surface area contributed by atoms with Crippen LogP contribution in [0, 0.1) is 6.92 Å². The molecule has 0 saturated carbocycles. The Morgan fingerprint density at radius 1 is 1.09 bits per heavy atom. The van der Waals surface area contributed by atoms with Gasteiger partial charge in [0.15, 0.2) is 0 Å². The summed E-state index contributed by atoms with van der Waals surface area (Å²) in [7, 11) is 0. The van der Waals surface area contributed by atoms with E-state index in [1.807, 2.05) is 61.7 Å². The highest BCUT2D eigenvalue weighted by Gasteiger charge is 2.19. The Morgan fingerprint density at radius 2 is 1.91 bits per heavy atom. The van der Waals surface area contributed by atoms with Gasteiger partial charge in [-0.1, -0.05) is 30.3 Å². The number of carbonyl (C=O) groups is 1. The fraction of sp³-hybridized carbons (Fsp3) is 0.0556. The largest absolute Gasteiger partial charge is 0.397 e. The van der Waals surface area contributed by atoms with Gasteiger partial charge in [0.1, 0.15) is 0 Å². The molecule has 0 fully saturated rings. The Hall–Kier alpha value is -3.01. The third kappa shape index (κ3) is 1.61. The van der Waals surface area contributed by atoms with E-state index >= 15 is 0 Å². The van der Waals surface area contributed by atoms with Gasteiger partial charge in [0.05, 0.1) is 22.3 Å². The topological polar surface area (TPSA) is 63.8 Å². The molecule has 0 bridgehead atoms. The number of nitrogens with zero attached hydrogens (tertiary/aromatic N) is 1. The number of hydrogen-bond donors (Lipinski definition) is 2. The van der Waals surface area contributed by atoms with Crippen molar-refractivity contribution in [2.75, 3.05) is 5.73 Å². The van der Waals surface area contributed by atoms with Crippen LogP contribution in [0.3, 0.4) is 0 Å². The van der Waals surface area contributed by atoms with E-state index in [0.29, 0.717) is 11.3 Å². The van der Waals surface area contributed by atoms with Crippen LogP contribution in [0.15, 0.2) is 54.7 Å². The molecule has 22 heavy (non-hydrogen) atoms. The van der Waals surface area contributed by atoms with Gasteiger partial charge in [-0.3, -0.25) is 9.36 Å². The standard InChI is InChI=1S/C18H15N3O/c1-11-16(19)13-6-2-3-8-15(13)21(11)18(22)14-7-4-5-12-9-10-20-17(12)14/h2-10,20H,19H2,1H3. The molecule has 0 aliphatic rings. The number of nitrogen functional groups attached to an aromatic ring is 1. The van der Waals surface area contributed by atoms with Crippen molar-refractivity contribution in [3.63, 3.8) is 0 Å². The fourth-order valence-electron chi connectivity index (χ4n) is 3.04. The van der Waals surface area contributed by atoms with Crippen LogP contribution < -0.4 is 5.73 Å². The van der Waals surface area contributed by atoms with Crippen molar-refractivity contribution in [3.05, 3.63) is 66.0 Å². The number of hydrogen-bond acceptors (Lipinski definition) is 2. The lowest BCUT2D eigenvalue weighted by Gasteiger charge is -2.08. The monoisotopic (exact) mass is 289 g/mol. The van der Waals surface area contributed by atoms with Crippen LogP contribution in [0.2, 0.25) is 0 Å². The Balaban J connectivity index is 2.02. The van der Waals surface area contributed by atoms with Gasteiger partial charge in [-0.25, -0.2) is 0 Å². The molecule has 2 aromatic heterocycles. The minimum absolute atomic E-state index is 0.0709. The Morgan fingerprint density at radius 3 is 2.77 bits per heavy atom. The van der Waals surface area contributed by atoms with E-state index in [4.69, 9.17) is 5.73 Å². The van der Waals surface area contributed by atoms with Crippen molar-refractivity contribution in [1.29, 1.82) is 0 Å². The second-order valence-corrected chi connectivity index (χ2v) is 5.40. The van der Waals surface area contributed by atoms with E-state index in [2.05, 4.69) is 4.98 Å². The van der Waals surface area contributed by atoms with Gasteiger partial charge < -0.3 is 10.7 Å². The van der Waals surface area contributed by atoms with E-state index in [9.17, 15) is 4.79 Å². The number of benzene rings is 2. The molecular weight excluding hydrogens is 274 g/mol. The Bertz CT molecular complexity index is 1020. The fourth-order valence-corrected chi connectivity index (χ4v) is 3.04. The van der Waals surface area contributed by atoms with Crippen LogP contribution in [0.25, 0.3) is 21.8 Å². The minimum Gasteiger partial charge on any atom is -0.397 e. The zero-order chi connectivity index (χ0) is 15.3. The molecule has 0 unspecified atom stereocenters. The number of aromatic amines is 1. The molecule has 0 radical (unpaired) electrons. The summed E-state index contributed by atoms with van der Waals surface area (Å²) in [5, 5.41) is 1.93. The molecule has 3 N–H and O–H groups in total. The molecule has 0 atom stereocenters. The van der Waals surface area contributed by atoms with Crippen LogP contribution in [0.4, 0.5) is 5.69 Å². The van der Waals surface area contributed by atoms with Gasteiger partial charge in [-0.15, -0.1) is 0 Å². The Kier molecular flexibility index (Phi) is 2.60. The molecule has 4 nitrogen and oxygen atoms in total. The van der Waals surface area contributed by atoms with Crippen molar-refractivity contribution in [2.45, 2.75) is 6.92 Å². The summed E-state index contributed by atoms with van der Waals surface area (Å²) in [6.45, 7) is 1.88. The molecule has 4 aromatic rings. The van der Waals surface area contributed by atoms with Gasteiger partial charge in [0.25, 0.3) is 5.91 Å². The summed E-state index contributed by atoms with van der Waals surface area (Å²) in [5.41, 5.74) is 9.93. The van der Waals surface area contributed by atoms with Crippen molar-refractivity contribution < 1.29 is 4.79 Å². The van der Waals surface area contributed by atoms with Crippen LogP contribution in [-0.4, -0.2) is 15.5 Å². The highest BCUT2D eigenvalue weighted by atomic mass is 16.2. The van der Waals surface area contributed by atoms with Gasteiger partial charge in [0.2, 0.25) is 0 Å². The quantitative estimate of drug-likeness (QED) is 0.561. The number of anilines is 1. The number of nitrogens with two attached hydrogens (primary N) is 1. The first-order valence-electron chi connectivity index (χ1n) is 7.15. The highest BCUT2D eigenvalue weighted by Crippen LogP contribution is 2.29. The van der Waals surface area contributed by atoms with Crippen molar-refractivity contribution in [2.24, 2.45) is 0 Å². The average Bonchev–Trinajstić information content (AvgIpc) is 3.11.